The molecule has 1 amide bonds. The van der Waals surface area contributed by atoms with Gasteiger partial charge in [-0.1, -0.05) is 13.8 Å². The Balaban J connectivity index is 1.97. The van der Waals surface area contributed by atoms with E-state index in [2.05, 4.69) is 18.9 Å². The highest BCUT2D eigenvalue weighted by Gasteiger charge is 2.31. The molecule has 0 radical (unpaired) electrons. The van der Waals surface area contributed by atoms with Gasteiger partial charge in [0.1, 0.15) is 0 Å². The molecule has 1 aliphatic rings. The number of pyridine rings is 1. The molecule has 2 aromatic rings. The predicted molar refractivity (Wildman–Crippen MR) is 107 cm³/mol. The Hall–Kier alpha value is -2.44. The standard InChI is InChI=1S/C21H30N4O3/c1-6-28-21(27)15-8-7-9-24(12-15)20(26)16-10-18(13(2)3)23-19-17(16)11-22-25(19)14(4)5/h10-11,13-15H,6-9,12H2,1-5H3/t15-/m0/s1. The Morgan fingerprint density at radius 1 is 1.29 bits per heavy atom. The van der Waals surface area contributed by atoms with Gasteiger partial charge in [0.05, 0.1) is 29.7 Å². The van der Waals surface area contributed by atoms with Crippen LogP contribution in [0.5, 0.6) is 0 Å². The lowest BCUT2D eigenvalue weighted by Gasteiger charge is -2.31. The minimum absolute atomic E-state index is 0.0633. The van der Waals surface area contributed by atoms with E-state index in [0.717, 1.165) is 29.6 Å². The highest BCUT2D eigenvalue weighted by Crippen LogP contribution is 2.27. The lowest BCUT2D eigenvalue weighted by atomic mass is 9.97. The maximum Gasteiger partial charge on any atom is 0.310 e. The number of carbonyl (C=O) groups is 2. The summed E-state index contributed by atoms with van der Waals surface area (Å²) < 4.78 is 7.02. The van der Waals surface area contributed by atoms with Crippen LogP contribution in [0.1, 0.15) is 75.5 Å². The zero-order chi connectivity index (χ0) is 20.4. The van der Waals surface area contributed by atoms with E-state index >= 15 is 0 Å². The monoisotopic (exact) mass is 386 g/mol. The summed E-state index contributed by atoms with van der Waals surface area (Å²) in [6.45, 7) is 11.4. The lowest BCUT2D eigenvalue weighted by molar-refractivity contribution is -0.149. The van der Waals surface area contributed by atoms with Crippen LogP contribution in [0.15, 0.2) is 12.3 Å². The first-order chi connectivity index (χ1) is 13.3. The van der Waals surface area contributed by atoms with Crippen LogP contribution in [-0.2, 0) is 9.53 Å². The van der Waals surface area contributed by atoms with Gasteiger partial charge in [-0.2, -0.15) is 5.10 Å². The number of fused-ring (bicyclic) bond motifs is 1. The molecule has 0 aliphatic carbocycles. The summed E-state index contributed by atoms with van der Waals surface area (Å²) >= 11 is 0. The predicted octanol–water partition coefficient (Wildman–Crippen LogP) is 3.55. The van der Waals surface area contributed by atoms with Gasteiger partial charge in [0.25, 0.3) is 5.91 Å². The molecule has 0 spiro atoms. The van der Waals surface area contributed by atoms with Crippen LogP contribution in [0, 0.1) is 5.92 Å². The van der Waals surface area contributed by atoms with Crippen LogP contribution in [0.2, 0.25) is 0 Å². The van der Waals surface area contributed by atoms with Crippen molar-refractivity contribution in [1.29, 1.82) is 0 Å². The number of likely N-dealkylation sites (tertiary alicyclic amines) is 1. The Kier molecular flexibility index (Phi) is 6.01. The molecule has 3 heterocycles. The summed E-state index contributed by atoms with van der Waals surface area (Å²) in [6, 6.07) is 2.04. The van der Waals surface area contributed by atoms with Crippen molar-refractivity contribution in [3.8, 4) is 0 Å². The zero-order valence-corrected chi connectivity index (χ0v) is 17.4. The second-order valence-corrected chi connectivity index (χ2v) is 8.01. The summed E-state index contributed by atoms with van der Waals surface area (Å²) in [5, 5.41) is 5.23. The van der Waals surface area contributed by atoms with Crippen molar-refractivity contribution in [3.63, 3.8) is 0 Å². The quantitative estimate of drug-likeness (QED) is 0.735. The van der Waals surface area contributed by atoms with Gasteiger partial charge in [-0.25, -0.2) is 9.67 Å². The molecule has 0 aromatic carbocycles. The molecule has 0 saturated carbocycles. The van der Waals surface area contributed by atoms with Crippen LogP contribution in [-0.4, -0.2) is 51.2 Å². The Morgan fingerprint density at radius 2 is 2.04 bits per heavy atom. The van der Waals surface area contributed by atoms with Gasteiger partial charge < -0.3 is 9.64 Å². The molecule has 3 rings (SSSR count). The molecular weight excluding hydrogens is 356 g/mol. The van der Waals surface area contributed by atoms with E-state index in [1.54, 1.807) is 18.0 Å². The van der Waals surface area contributed by atoms with Gasteiger partial charge in [0, 0.05) is 24.8 Å². The van der Waals surface area contributed by atoms with Crippen LogP contribution >= 0.6 is 0 Å². The molecule has 1 fully saturated rings. The number of amides is 1. The maximum absolute atomic E-state index is 13.4. The number of aromatic nitrogens is 3. The number of esters is 1. The first-order valence-corrected chi connectivity index (χ1v) is 10.2. The number of ether oxygens (including phenoxy) is 1. The van der Waals surface area contributed by atoms with Crippen molar-refractivity contribution in [1.82, 2.24) is 19.7 Å². The first kappa shape index (κ1) is 20.3. The SMILES string of the molecule is CCOC(=O)[C@H]1CCCN(C(=O)c2cc(C(C)C)nc3c2cnn3C(C)C)C1. The fraction of sp³-hybridized carbons (Fsp3) is 0.619. The molecule has 7 heteroatoms. The largest absolute Gasteiger partial charge is 0.466 e. The highest BCUT2D eigenvalue weighted by molar-refractivity contribution is 6.05. The summed E-state index contributed by atoms with van der Waals surface area (Å²) in [4.78, 5) is 32.1. The van der Waals surface area contributed by atoms with E-state index in [0.29, 0.717) is 25.3 Å². The average molecular weight is 386 g/mol. The van der Waals surface area contributed by atoms with Gasteiger partial charge in [0.15, 0.2) is 5.65 Å². The van der Waals surface area contributed by atoms with E-state index < -0.39 is 0 Å². The average Bonchev–Trinajstić information content (AvgIpc) is 3.11. The van der Waals surface area contributed by atoms with E-state index in [-0.39, 0.29) is 29.8 Å². The van der Waals surface area contributed by atoms with Gasteiger partial charge in [-0.05, 0) is 45.6 Å². The molecule has 1 saturated heterocycles. The first-order valence-electron chi connectivity index (χ1n) is 10.2. The Bertz CT molecular complexity index is 872. The van der Waals surface area contributed by atoms with E-state index in [1.807, 2.05) is 24.6 Å². The fourth-order valence-corrected chi connectivity index (χ4v) is 3.67. The van der Waals surface area contributed by atoms with Crippen LogP contribution in [0.3, 0.4) is 0 Å². The van der Waals surface area contributed by atoms with Crippen molar-refractivity contribution in [2.24, 2.45) is 5.92 Å². The minimum atomic E-state index is -0.252. The van der Waals surface area contributed by atoms with E-state index in [1.165, 1.54) is 0 Å². The number of hydrogen-bond acceptors (Lipinski definition) is 5. The van der Waals surface area contributed by atoms with Crippen LogP contribution < -0.4 is 0 Å². The van der Waals surface area contributed by atoms with Gasteiger partial charge in [0.2, 0.25) is 0 Å². The number of nitrogens with zero attached hydrogens (tertiary/aromatic N) is 4. The normalized spacial score (nSPS) is 17.5. The number of piperidine rings is 1. The van der Waals surface area contributed by atoms with Crippen molar-refractivity contribution < 1.29 is 14.3 Å². The smallest absolute Gasteiger partial charge is 0.310 e. The van der Waals surface area contributed by atoms with Gasteiger partial charge in [-0.3, -0.25) is 9.59 Å². The van der Waals surface area contributed by atoms with Crippen LogP contribution in [0.4, 0.5) is 0 Å². The Morgan fingerprint density at radius 3 is 2.68 bits per heavy atom. The topological polar surface area (TPSA) is 77.3 Å². The molecule has 0 N–H and O–H groups in total. The second kappa shape index (κ2) is 8.29. The molecule has 0 bridgehead atoms. The third-order valence-electron chi connectivity index (χ3n) is 5.23. The number of hydrogen-bond donors (Lipinski definition) is 0. The van der Waals surface area contributed by atoms with Gasteiger partial charge >= 0.3 is 5.97 Å². The van der Waals surface area contributed by atoms with Crippen molar-refractivity contribution >= 4 is 22.9 Å². The third-order valence-corrected chi connectivity index (χ3v) is 5.23. The van der Waals surface area contributed by atoms with Crippen LogP contribution in [0.25, 0.3) is 11.0 Å². The summed E-state index contributed by atoms with van der Waals surface area (Å²) in [5.74, 6) is -0.333. The summed E-state index contributed by atoms with van der Waals surface area (Å²) in [7, 11) is 0. The summed E-state index contributed by atoms with van der Waals surface area (Å²) in [6.07, 6.45) is 3.29. The van der Waals surface area contributed by atoms with Crippen molar-refractivity contribution in [2.45, 2.75) is 59.4 Å². The molecule has 28 heavy (non-hydrogen) atoms. The molecule has 0 unspecified atom stereocenters. The second-order valence-electron chi connectivity index (χ2n) is 8.01. The number of rotatable bonds is 5. The zero-order valence-electron chi connectivity index (χ0n) is 17.4. The van der Waals surface area contributed by atoms with Gasteiger partial charge in [-0.15, -0.1) is 0 Å². The molecule has 2 aromatic heterocycles. The third kappa shape index (κ3) is 3.88. The molecular formula is C21H30N4O3. The maximum atomic E-state index is 13.4. The summed E-state index contributed by atoms with van der Waals surface area (Å²) in [5.41, 5.74) is 2.23. The fourth-order valence-electron chi connectivity index (χ4n) is 3.67. The van der Waals surface area contributed by atoms with Crippen molar-refractivity contribution in [3.05, 3.63) is 23.5 Å². The number of carbonyl (C=O) groups excluding carboxylic acids is 2. The van der Waals surface area contributed by atoms with Crippen molar-refractivity contribution in [2.75, 3.05) is 19.7 Å². The highest BCUT2D eigenvalue weighted by atomic mass is 16.5. The molecule has 1 aliphatic heterocycles. The van der Waals surface area contributed by atoms with E-state index in [9.17, 15) is 9.59 Å². The lowest BCUT2D eigenvalue weighted by Crippen LogP contribution is -2.43. The minimum Gasteiger partial charge on any atom is -0.466 e. The van der Waals surface area contributed by atoms with E-state index in [4.69, 9.17) is 9.72 Å². The molecule has 1 atom stereocenters. The Labute approximate surface area is 166 Å². The molecule has 7 nitrogen and oxygen atoms in total. The molecule has 152 valence electrons.